The molecule has 0 aliphatic carbocycles. The second kappa shape index (κ2) is 5.54. The van der Waals surface area contributed by atoms with Gasteiger partial charge in [-0.1, -0.05) is 26.3 Å². The number of aryl methyl sites for hydroxylation is 1. The van der Waals surface area contributed by atoms with Crippen LogP contribution in [0.25, 0.3) is 11.0 Å². The Morgan fingerprint density at radius 2 is 1.95 bits per heavy atom. The summed E-state index contributed by atoms with van der Waals surface area (Å²) in [6.07, 6.45) is 1.16. The van der Waals surface area contributed by atoms with Crippen LogP contribution in [0.2, 0.25) is 0 Å². The minimum Gasteiger partial charge on any atom is -0.324 e. The highest BCUT2D eigenvalue weighted by atomic mass is 35.5. The van der Waals surface area contributed by atoms with E-state index in [0.29, 0.717) is 12.0 Å². The van der Waals surface area contributed by atoms with Gasteiger partial charge in [0.15, 0.2) is 0 Å². The van der Waals surface area contributed by atoms with Crippen LogP contribution in [-0.4, -0.2) is 9.55 Å². The zero-order valence-corrected chi connectivity index (χ0v) is 13.2. The summed E-state index contributed by atoms with van der Waals surface area (Å²) < 4.78 is 2.32. The van der Waals surface area contributed by atoms with Crippen molar-refractivity contribution >= 4 is 22.6 Å². The summed E-state index contributed by atoms with van der Waals surface area (Å²) >= 11 is 6.33. The average Bonchev–Trinajstić information content (AvgIpc) is 2.75. The molecule has 3 unspecified atom stereocenters. The number of nitrogens with zero attached hydrogens (tertiary/aromatic N) is 2. The number of benzene rings is 1. The van der Waals surface area contributed by atoms with Crippen LogP contribution >= 0.6 is 11.6 Å². The Morgan fingerprint density at radius 3 is 2.53 bits per heavy atom. The second-order valence-corrected chi connectivity index (χ2v) is 6.23. The zero-order chi connectivity index (χ0) is 14.2. The van der Waals surface area contributed by atoms with Gasteiger partial charge in [-0.2, -0.15) is 0 Å². The van der Waals surface area contributed by atoms with Crippen molar-refractivity contribution in [2.45, 2.75) is 52.5 Å². The third-order valence-electron chi connectivity index (χ3n) is 4.10. The van der Waals surface area contributed by atoms with Crippen molar-refractivity contribution in [3.8, 4) is 0 Å². The molecule has 1 aromatic heterocycles. The molecule has 0 N–H and O–H groups in total. The maximum atomic E-state index is 6.33. The number of rotatable bonds is 4. The SMILES string of the molecule is CCC(C)C(C)n1c(C(C)Cl)nc2cc(C)ccc21. The van der Waals surface area contributed by atoms with E-state index in [0.717, 1.165) is 17.8 Å². The summed E-state index contributed by atoms with van der Waals surface area (Å²) in [7, 11) is 0. The van der Waals surface area contributed by atoms with E-state index in [-0.39, 0.29) is 5.38 Å². The predicted molar refractivity (Wildman–Crippen MR) is 82.9 cm³/mol. The molecule has 0 saturated heterocycles. The number of alkyl halides is 1. The molecule has 0 amide bonds. The van der Waals surface area contributed by atoms with Crippen molar-refractivity contribution in [2.75, 3.05) is 0 Å². The molecule has 104 valence electrons. The first-order chi connectivity index (χ1) is 8.95. The van der Waals surface area contributed by atoms with E-state index in [1.54, 1.807) is 0 Å². The highest BCUT2D eigenvalue weighted by Gasteiger charge is 2.21. The summed E-state index contributed by atoms with van der Waals surface area (Å²) in [5.74, 6) is 1.59. The number of hydrogen-bond donors (Lipinski definition) is 0. The van der Waals surface area contributed by atoms with Crippen LogP contribution in [0.3, 0.4) is 0 Å². The van der Waals surface area contributed by atoms with Crippen LogP contribution in [-0.2, 0) is 0 Å². The van der Waals surface area contributed by atoms with Gasteiger partial charge in [0.25, 0.3) is 0 Å². The summed E-state index contributed by atoms with van der Waals surface area (Å²) in [5.41, 5.74) is 3.49. The molecule has 2 rings (SSSR count). The fourth-order valence-corrected chi connectivity index (χ4v) is 2.69. The Hall–Kier alpha value is -1.02. The van der Waals surface area contributed by atoms with Crippen molar-refractivity contribution in [1.29, 1.82) is 0 Å². The van der Waals surface area contributed by atoms with E-state index in [1.807, 2.05) is 6.92 Å². The van der Waals surface area contributed by atoms with E-state index < -0.39 is 0 Å². The summed E-state index contributed by atoms with van der Waals surface area (Å²) in [6.45, 7) is 10.9. The second-order valence-electron chi connectivity index (χ2n) is 5.57. The van der Waals surface area contributed by atoms with Gasteiger partial charge in [-0.25, -0.2) is 4.98 Å². The Labute approximate surface area is 120 Å². The Balaban J connectivity index is 2.65. The van der Waals surface area contributed by atoms with Crippen LogP contribution in [0.4, 0.5) is 0 Å². The molecule has 0 aliphatic heterocycles. The minimum atomic E-state index is -0.0702. The normalized spacial score (nSPS) is 16.5. The van der Waals surface area contributed by atoms with Crippen molar-refractivity contribution in [3.05, 3.63) is 29.6 Å². The maximum Gasteiger partial charge on any atom is 0.127 e. The first-order valence-electron chi connectivity index (χ1n) is 7.08. The molecule has 2 aromatic rings. The monoisotopic (exact) mass is 278 g/mol. The lowest BCUT2D eigenvalue weighted by Gasteiger charge is -2.23. The van der Waals surface area contributed by atoms with Gasteiger partial charge in [0.2, 0.25) is 0 Å². The Morgan fingerprint density at radius 1 is 1.26 bits per heavy atom. The molecule has 19 heavy (non-hydrogen) atoms. The molecule has 0 aliphatic rings. The van der Waals surface area contributed by atoms with Gasteiger partial charge in [0.1, 0.15) is 5.82 Å². The van der Waals surface area contributed by atoms with Gasteiger partial charge in [-0.15, -0.1) is 11.6 Å². The molecule has 1 heterocycles. The maximum absolute atomic E-state index is 6.33. The summed E-state index contributed by atoms with van der Waals surface area (Å²) in [6, 6.07) is 6.86. The molecule has 1 aromatic carbocycles. The van der Waals surface area contributed by atoms with Crippen molar-refractivity contribution in [2.24, 2.45) is 5.92 Å². The predicted octanol–water partition coefficient (Wildman–Crippen LogP) is 5.25. The van der Waals surface area contributed by atoms with E-state index in [2.05, 4.69) is 50.5 Å². The quantitative estimate of drug-likeness (QED) is 0.698. The van der Waals surface area contributed by atoms with Crippen LogP contribution in [0.15, 0.2) is 18.2 Å². The first-order valence-corrected chi connectivity index (χ1v) is 7.51. The van der Waals surface area contributed by atoms with E-state index >= 15 is 0 Å². The standard InChI is InChI=1S/C16H23ClN2/c1-6-11(3)13(5)19-15-8-7-10(2)9-14(15)18-16(19)12(4)17/h7-9,11-13H,6H2,1-5H3. The number of halogens is 1. The molecule has 0 radical (unpaired) electrons. The van der Waals surface area contributed by atoms with Gasteiger partial charge in [0.05, 0.1) is 16.4 Å². The van der Waals surface area contributed by atoms with Gasteiger partial charge < -0.3 is 4.57 Å². The zero-order valence-electron chi connectivity index (χ0n) is 12.4. The molecular weight excluding hydrogens is 256 g/mol. The summed E-state index contributed by atoms with van der Waals surface area (Å²) in [4.78, 5) is 4.74. The molecule has 2 nitrogen and oxygen atoms in total. The molecule has 3 heteroatoms. The third kappa shape index (κ3) is 2.64. The lowest BCUT2D eigenvalue weighted by Crippen LogP contribution is -2.16. The highest BCUT2D eigenvalue weighted by Crippen LogP contribution is 2.32. The topological polar surface area (TPSA) is 17.8 Å². The Kier molecular flexibility index (Phi) is 4.19. The van der Waals surface area contributed by atoms with Crippen LogP contribution in [0.5, 0.6) is 0 Å². The van der Waals surface area contributed by atoms with E-state index in [4.69, 9.17) is 16.6 Å². The fourth-order valence-electron chi connectivity index (χ4n) is 2.53. The van der Waals surface area contributed by atoms with Crippen molar-refractivity contribution in [1.82, 2.24) is 9.55 Å². The molecule has 0 fully saturated rings. The van der Waals surface area contributed by atoms with E-state index in [9.17, 15) is 0 Å². The van der Waals surface area contributed by atoms with Gasteiger partial charge >= 0.3 is 0 Å². The van der Waals surface area contributed by atoms with Crippen molar-refractivity contribution < 1.29 is 0 Å². The summed E-state index contributed by atoms with van der Waals surface area (Å²) in [5, 5.41) is -0.0702. The lowest BCUT2D eigenvalue weighted by molar-refractivity contribution is 0.369. The lowest BCUT2D eigenvalue weighted by atomic mass is 10.00. The number of aromatic nitrogens is 2. The van der Waals surface area contributed by atoms with Crippen LogP contribution in [0, 0.1) is 12.8 Å². The smallest absolute Gasteiger partial charge is 0.127 e. The molecule has 0 bridgehead atoms. The number of imidazole rings is 1. The van der Waals surface area contributed by atoms with Crippen molar-refractivity contribution in [3.63, 3.8) is 0 Å². The molecule has 0 saturated carbocycles. The molecule has 3 atom stereocenters. The van der Waals surface area contributed by atoms with Crippen LogP contribution in [0.1, 0.15) is 56.9 Å². The van der Waals surface area contributed by atoms with Crippen LogP contribution < -0.4 is 0 Å². The third-order valence-corrected chi connectivity index (χ3v) is 4.30. The number of hydrogen-bond acceptors (Lipinski definition) is 1. The molecule has 0 spiro atoms. The first kappa shape index (κ1) is 14.4. The van der Waals surface area contributed by atoms with Gasteiger partial charge in [-0.05, 0) is 44.4 Å². The van der Waals surface area contributed by atoms with Gasteiger partial charge in [-0.3, -0.25) is 0 Å². The largest absolute Gasteiger partial charge is 0.324 e. The van der Waals surface area contributed by atoms with Gasteiger partial charge in [0, 0.05) is 6.04 Å². The van der Waals surface area contributed by atoms with E-state index in [1.165, 1.54) is 11.1 Å². The highest BCUT2D eigenvalue weighted by molar-refractivity contribution is 6.20. The molecular formula is C16H23ClN2. The average molecular weight is 279 g/mol. The Bertz CT molecular complexity index is 571. The number of fused-ring (bicyclic) bond motifs is 1. The fraction of sp³-hybridized carbons (Fsp3) is 0.562. The minimum absolute atomic E-state index is 0.0702.